The Kier molecular flexibility index (Phi) is 7.08. The van der Waals surface area contributed by atoms with Gasteiger partial charge in [-0.3, -0.25) is 0 Å². The third kappa shape index (κ3) is 5.12. The van der Waals surface area contributed by atoms with E-state index in [-0.39, 0.29) is 5.41 Å². The molecule has 2 heterocycles. The van der Waals surface area contributed by atoms with E-state index >= 15 is 0 Å². The van der Waals surface area contributed by atoms with E-state index in [0.29, 0.717) is 40.5 Å². The van der Waals surface area contributed by atoms with Crippen LogP contribution in [0.5, 0.6) is 23.0 Å². The Morgan fingerprint density at radius 2 is 0.887 bits per heavy atom. The van der Waals surface area contributed by atoms with Crippen LogP contribution in [0, 0.1) is 0 Å². The van der Waals surface area contributed by atoms with Gasteiger partial charge in [0.2, 0.25) is 0 Å². The van der Waals surface area contributed by atoms with Crippen molar-refractivity contribution in [1.82, 2.24) is 15.0 Å². The zero-order valence-electron chi connectivity index (χ0n) is 29.2. The third-order valence-electron chi connectivity index (χ3n) is 10.4. The predicted octanol–water partition coefficient (Wildman–Crippen LogP) is 12.4. The highest BCUT2D eigenvalue weighted by molar-refractivity contribution is 5.89. The van der Waals surface area contributed by atoms with Gasteiger partial charge in [-0.05, 0) is 57.1 Å². The summed E-state index contributed by atoms with van der Waals surface area (Å²) in [6, 6.07) is 55.9. The molecule has 0 spiro atoms. The highest BCUT2D eigenvalue weighted by Crippen LogP contribution is 2.56. The minimum absolute atomic E-state index is 0.164. The van der Waals surface area contributed by atoms with Crippen molar-refractivity contribution in [2.45, 2.75) is 19.3 Å². The predicted molar refractivity (Wildman–Crippen MR) is 211 cm³/mol. The van der Waals surface area contributed by atoms with Crippen LogP contribution in [0.25, 0.3) is 67.5 Å². The monoisotopic (exact) mass is 683 g/mol. The molecule has 5 heteroatoms. The maximum atomic E-state index is 6.84. The maximum Gasteiger partial charge on any atom is 0.177 e. The molecule has 53 heavy (non-hydrogen) atoms. The van der Waals surface area contributed by atoms with Crippen molar-refractivity contribution in [1.29, 1.82) is 0 Å². The molecule has 1 aliphatic heterocycles. The number of hydrogen-bond donors (Lipinski definition) is 0. The van der Waals surface area contributed by atoms with Gasteiger partial charge in [-0.15, -0.1) is 0 Å². The number of rotatable bonds is 5. The van der Waals surface area contributed by atoms with Gasteiger partial charge in [0.15, 0.2) is 40.5 Å². The number of aromatic nitrogens is 3. The SMILES string of the molecule is CC1(C)c2ccccc2-c2cc3c(cc21)Oc1c(cccc1-c1ccccc1-c1nc(-c2ccccc2)nc(-c2ccccc2-c2ccccc2)n1)O3. The molecular weight excluding hydrogens is 651 g/mol. The summed E-state index contributed by atoms with van der Waals surface area (Å²) in [5.74, 6) is 4.50. The number of ether oxygens (including phenoxy) is 2. The molecule has 0 unspecified atom stereocenters. The molecule has 8 aromatic rings. The fraction of sp³-hybridized carbons (Fsp3) is 0.0625. The highest BCUT2D eigenvalue weighted by atomic mass is 16.6. The Hall–Kier alpha value is -6.85. The fourth-order valence-electron chi connectivity index (χ4n) is 7.80. The lowest BCUT2D eigenvalue weighted by Crippen LogP contribution is -2.15. The second kappa shape index (κ2) is 12.1. The summed E-state index contributed by atoms with van der Waals surface area (Å²) in [6.45, 7) is 4.54. The Labute approximate surface area is 308 Å². The van der Waals surface area contributed by atoms with Crippen molar-refractivity contribution in [2.75, 3.05) is 0 Å². The lowest BCUT2D eigenvalue weighted by Gasteiger charge is -2.26. The van der Waals surface area contributed by atoms with Crippen molar-refractivity contribution < 1.29 is 9.47 Å². The van der Waals surface area contributed by atoms with E-state index in [9.17, 15) is 0 Å². The van der Waals surface area contributed by atoms with Crippen LogP contribution in [0.4, 0.5) is 0 Å². The zero-order chi connectivity index (χ0) is 35.5. The summed E-state index contributed by atoms with van der Waals surface area (Å²) in [5, 5.41) is 0. The van der Waals surface area contributed by atoms with Crippen LogP contribution in [0.1, 0.15) is 25.0 Å². The maximum absolute atomic E-state index is 6.84. The molecule has 7 aromatic carbocycles. The van der Waals surface area contributed by atoms with Crippen LogP contribution in [-0.2, 0) is 5.41 Å². The molecule has 252 valence electrons. The van der Waals surface area contributed by atoms with Gasteiger partial charge in [0.25, 0.3) is 0 Å². The summed E-state index contributed by atoms with van der Waals surface area (Å²) in [5.41, 5.74) is 11.5. The molecule has 0 saturated carbocycles. The molecule has 1 aliphatic carbocycles. The average molecular weight is 684 g/mol. The lowest BCUT2D eigenvalue weighted by molar-refractivity contribution is 0.360. The van der Waals surface area contributed by atoms with Crippen molar-refractivity contribution in [3.63, 3.8) is 0 Å². The van der Waals surface area contributed by atoms with Crippen LogP contribution < -0.4 is 9.47 Å². The normalized spacial score (nSPS) is 13.2. The van der Waals surface area contributed by atoms with Gasteiger partial charge in [-0.2, -0.15) is 0 Å². The minimum Gasteiger partial charge on any atom is -0.449 e. The van der Waals surface area contributed by atoms with E-state index in [4.69, 9.17) is 24.4 Å². The van der Waals surface area contributed by atoms with Crippen LogP contribution in [0.2, 0.25) is 0 Å². The molecular formula is C48H33N3O2. The molecule has 0 radical (unpaired) electrons. The van der Waals surface area contributed by atoms with E-state index in [2.05, 4.69) is 105 Å². The second-order valence-corrected chi connectivity index (χ2v) is 14.0. The molecule has 0 bridgehead atoms. The third-order valence-corrected chi connectivity index (χ3v) is 10.4. The van der Waals surface area contributed by atoms with Gasteiger partial charge in [0.05, 0.1) is 0 Å². The molecule has 1 aromatic heterocycles. The number of fused-ring (bicyclic) bond motifs is 5. The highest BCUT2D eigenvalue weighted by Gasteiger charge is 2.37. The van der Waals surface area contributed by atoms with Crippen molar-refractivity contribution in [3.05, 3.63) is 175 Å². The first-order valence-corrected chi connectivity index (χ1v) is 17.9. The van der Waals surface area contributed by atoms with Gasteiger partial charge in [-0.25, -0.2) is 15.0 Å². The largest absolute Gasteiger partial charge is 0.449 e. The first-order chi connectivity index (χ1) is 26.0. The number of benzene rings is 7. The van der Waals surface area contributed by atoms with Crippen LogP contribution in [-0.4, -0.2) is 15.0 Å². The number of para-hydroxylation sites is 1. The van der Waals surface area contributed by atoms with Gasteiger partial charge in [-0.1, -0.05) is 159 Å². The Bertz CT molecular complexity index is 2700. The molecule has 10 rings (SSSR count). The summed E-state index contributed by atoms with van der Waals surface area (Å²) in [6.07, 6.45) is 0. The summed E-state index contributed by atoms with van der Waals surface area (Å²) in [4.78, 5) is 15.4. The van der Waals surface area contributed by atoms with Crippen LogP contribution in [0.3, 0.4) is 0 Å². The van der Waals surface area contributed by atoms with Gasteiger partial charge >= 0.3 is 0 Å². The van der Waals surface area contributed by atoms with Crippen molar-refractivity contribution in [3.8, 4) is 90.5 Å². The van der Waals surface area contributed by atoms with Crippen molar-refractivity contribution >= 4 is 0 Å². The average Bonchev–Trinajstić information content (AvgIpc) is 3.44. The van der Waals surface area contributed by atoms with E-state index < -0.39 is 0 Å². The van der Waals surface area contributed by atoms with Crippen LogP contribution >= 0.6 is 0 Å². The Morgan fingerprint density at radius 1 is 0.358 bits per heavy atom. The van der Waals surface area contributed by atoms with E-state index in [1.807, 2.05) is 72.8 Å². The first-order valence-electron chi connectivity index (χ1n) is 17.9. The Morgan fingerprint density at radius 3 is 1.60 bits per heavy atom. The summed E-state index contributed by atoms with van der Waals surface area (Å²) in [7, 11) is 0. The standard InChI is InChI=1S/C48H33N3O2/c1-48(2)39-26-14-13-22-34(39)38-28-42-43(29-40(38)48)53-44-35(25-15-27-41(44)52-42)33-21-10-12-24-37(33)47-50-45(31-18-7-4-8-19-31)49-46(51-47)36-23-11-9-20-32(36)30-16-5-3-6-17-30/h3-29H,1-2H3. The smallest absolute Gasteiger partial charge is 0.177 e. The van der Waals surface area contributed by atoms with Crippen molar-refractivity contribution in [2.24, 2.45) is 0 Å². The zero-order valence-corrected chi connectivity index (χ0v) is 29.2. The van der Waals surface area contributed by atoms with Gasteiger partial charge in [0, 0.05) is 27.7 Å². The molecule has 0 amide bonds. The van der Waals surface area contributed by atoms with E-state index in [1.165, 1.54) is 22.3 Å². The molecule has 2 aliphatic rings. The molecule has 0 saturated heterocycles. The van der Waals surface area contributed by atoms with Gasteiger partial charge < -0.3 is 9.47 Å². The fourth-order valence-corrected chi connectivity index (χ4v) is 7.80. The Balaban J connectivity index is 1.12. The lowest BCUT2D eigenvalue weighted by atomic mass is 9.82. The van der Waals surface area contributed by atoms with E-state index in [1.54, 1.807) is 0 Å². The molecule has 0 atom stereocenters. The summed E-state index contributed by atoms with van der Waals surface area (Å²) < 4.78 is 13.5. The second-order valence-electron chi connectivity index (χ2n) is 14.0. The molecule has 5 nitrogen and oxygen atoms in total. The first kappa shape index (κ1) is 30.9. The number of hydrogen-bond acceptors (Lipinski definition) is 5. The van der Waals surface area contributed by atoms with E-state index in [0.717, 1.165) is 38.9 Å². The molecule has 0 fully saturated rings. The van der Waals surface area contributed by atoms with Crippen LogP contribution in [0.15, 0.2) is 164 Å². The summed E-state index contributed by atoms with van der Waals surface area (Å²) >= 11 is 0. The number of nitrogens with zero attached hydrogens (tertiary/aromatic N) is 3. The minimum atomic E-state index is -0.164. The van der Waals surface area contributed by atoms with Gasteiger partial charge in [0.1, 0.15) is 0 Å². The molecule has 0 N–H and O–H groups in total. The quantitative estimate of drug-likeness (QED) is 0.181. The topological polar surface area (TPSA) is 57.1 Å².